The normalized spacial score (nSPS) is 13.5. The van der Waals surface area contributed by atoms with E-state index in [0.717, 1.165) is 11.6 Å². The zero-order valence-corrected chi connectivity index (χ0v) is 16.6. The third-order valence-corrected chi connectivity index (χ3v) is 3.95. The first-order valence-corrected chi connectivity index (χ1v) is 8.89. The summed E-state index contributed by atoms with van der Waals surface area (Å²) in [6.45, 7) is 8.50. The Labute approximate surface area is 167 Å². The van der Waals surface area contributed by atoms with Gasteiger partial charge in [0.25, 0.3) is 0 Å². The number of hydrogen-bond donors (Lipinski definition) is 2. The van der Waals surface area contributed by atoms with Gasteiger partial charge in [-0.15, -0.1) is 6.58 Å². The van der Waals surface area contributed by atoms with E-state index < -0.39 is 17.3 Å². The van der Waals surface area contributed by atoms with Crippen LogP contribution in [0.1, 0.15) is 32.8 Å². The van der Waals surface area contributed by atoms with Gasteiger partial charge in [-0.2, -0.15) is 13.2 Å². The minimum Gasteiger partial charge on any atom is -0.491 e. The summed E-state index contributed by atoms with van der Waals surface area (Å²) < 4.78 is 46.3. The molecule has 1 aromatic heterocycles. The van der Waals surface area contributed by atoms with Crippen molar-refractivity contribution in [3.63, 3.8) is 0 Å². The van der Waals surface area contributed by atoms with E-state index in [1.165, 1.54) is 31.3 Å². The summed E-state index contributed by atoms with van der Waals surface area (Å²) in [5, 5.41) is 2.51. The number of hydrogen-bond acceptors (Lipinski definition) is 4. The highest BCUT2D eigenvalue weighted by Crippen LogP contribution is 2.39. The third kappa shape index (κ3) is 6.60. The maximum atomic E-state index is 13.6. The topological polar surface area (TPSA) is 77.2 Å². The number of carbonyl (C=O) groups excluding carboxylic acids is 1. The molecule has 0 spiro atoms. The van der Waals surface area contributed by atoms with E-state index in [1.807, 2.05) is 0 Å². The van der Waals surface area contributed by atoms with Crippen LogP contribution in [0.15, 0.2) is 48.7 Å². The number of pyridine rings is 1. The molecule has 1 aromatic carbocycles. The van der Waals surface area contributed by atoms with Gasteiger partial charge in [-0.05, 0) is 55.7 Å². The number of carbonyl (C=O) groups is 1. The zero-order chi connectivity index (χ0) is 21.8. The van der Waals surface area contributed by atoms with Crippen LogP contribution in [-0.4, -0.2) is 23.0 Å². The summed E-state index contributed by atoms with van der Waals surface area (Å²) in [7, 11) is 0. The Morgan fingerprint density at radius 2 is 1.86 bits per heavy atom. The number of rotatable bonds is 7. The molecule has 0 saturated carbocycles. The first-order chi connectivity index (χ1) is 13.4. The molecule has 1 heterocycles. The lowest BCUT2D eigenvalue weighted by Crippen LogP contribution is -2.42. The van der Waals surface area contributed by atoms with Gasteiger partial charge in [0.05, 0.1) is 11.1 Å². The van der Waals surface area contributed by atoms with Crippen LogP contribution in [-0.2, 0) is 11.0 Å². The molecule has 0 fully saturated rings. The molecule has 3 N–H and O–H groups in total. The number of amides is 1. The molecule has 156 valence electrons. The fourth-order valence-electron chi connectivity index (χ4n) is 2.90. The van der Waals surface area contributed by atoms with E-state index in [2.05, 4.69) is 16.9 Å². The second-order valence-electron chi connectivity index (χ2n) is 7.40. The molecule has 0 unspecified atom stereocenters. The number of anilines is 1. The van der Waals surface area contributed by atoms with Gasteiger partial charge in [-0.25, -0.2) is 4.98 Å². The van der Waals surface area contributed by atoms with E-state index in [-0.39, 0.29) is 24.1 Å². The smallest absolute Gasteiger partial charge is 0.419 e. The predicted molar refractivity (Wildman–Crippen MR) is 106 cm³/mol. The molecule has 0 aliphatic heterocycles. The molecular formula is C21H24F3N3O2. The number of nitrogens with zero attached hydrogens (tertiary/aromatic N) is 1. The number of benzene rings is 1. The van der Waals surface area contributed by atoms with Crippen molar-refractivity contribution in [3.05, 3.63) is 54.2 Å². The van der Waals surface area contributed by atoms with Gasteiger partial charge >= 0.3 is 6.18 Å². The molecule has 1 amide bonds. The van der Waals surface area contributed by atoms with Gasteiger partial charge in [0.2, 0.25) is 5.91 Å². The summed E-state index contributed by atoms with van der Waals surface area (Å²) in [5.41, 5.74) is 5.96. The van der Waals surface area contributed by atoms with Crippen LogP contribution < -0.4 is 15.8 Å². The molecule has 0 bridgehead atoms. The zero-order valence-electron chi connectivity index (χ0n) is 16.6. The van der Waals surface area contributed by atoms with Gasteiger partial charge in [0.1, 0.15) is 18.2 Å². The minimum absolute atomic E-state index is 0.0930. The molecule has 0 aliphatic rings. The monoisotopic (exact) mass is 407 g/mol. The third-order valence-electron chi connectivity index (χ3n) is 3.95. The predicted octanol–water partition coefficient (Wildman–Crippen LogP) is 4.79. The highest BCUT2D eigenvalue weighted by atomic mass is 19.4. The van der Waals surface area contributed by atoms with E-state index in [4.69, 9.17) is 10.5 Å². The number of halogens is 3. The van der Waals surface area contributed by atoms with Crippen molar-refractivity contribution in [2.24, 2.45) is 5.73 Å². The fraction of sp³-hybridized carbons (Fsp3) is 0.333. The summed E-state index contributed by atoms with van der Waals surface area (Å²) in [6.07, 6.45) is -2.77. The maximum Gasteiger partial charge on any atom is 0.419 e. The summed E-state index contributed by atoms with van der Waals surface area (Å²) >= 11 is 0. The van der Waals surface area contributed by atoms with Gasteiger partial charge in [-0.1, -0.05) is 11.6 Å². The van der Waals surface area contributed by atoms with Crippen LogP contribution in [0.4, 0.5) is 19.0 Å². The Hall–Kier alpha value is -2.87. The Balaban J connectivity index is 2.35. The molecular weight excluding hydrogens is 383 g/mol. The van der Waals surface area contributed by atoms with Crippen molar-refractivity contribution < 1.29 is 22.7 Å². The highest BCUT2D eigenvalue weighted by molar-refractivity contribution is 5.88. The van der Waals surface area contributed by atoms with Crippen LogP contribution in [0.3, 0.4) is 0 Å². The lowest BCUT2D eigenvalue weighted by atomic mass is 9.96. The van der Waals surface area contributed by atoms with Crippen LogP contribution in [0, 0.1) is 0 Å². The number of aromatic nitrogens is 1. The Morgan fingerprint density at radius 1 is 1.21 bits per heavy atom. The van der Waals surface area contributed by atoms with Gasteiger partial charge < -0.3 is 15.8 Å². The van der Waals surface area contributed by atoms with Gasteiger partial charge in [0.15, 0.2) is 0 Å². The van der Waals surface area contributed by atoms with E-state index in [0.29, 0.717) is 17.5 Å². The molecule has 8 heteroatoms. The Kier molecular flexibility index (Phi) is 6.69. The molecule has 1 atom stereocenters. The standard InChI is InChI=1S/C21H24F3N3O2/c1-13(2)11-20(4,25)12-29-18-6-5-15(9-17(18)21(22,23)24)16-7-8-26-19(10-16)27-14(3)28/h5-10H,1,11-12,25H2,2-4H3,(H,26,27,28)/t20-/m0/s1. The first kappa shape index (κ1) is 22.4. The first-order valence-electron chi connectivity index (χ1n) is 8.89. The van der Waals surface area contributed by atoms with Crippen molar-refractivity contribution in [3.8, 4) is 16.9 Å². The molecule has 0 saturated heterocycles. The quantitative estimate of drug-likeness (QED) is 0.647. The van der Waals surface area contributed by atoms with Crippen LogP contribution in [0.5, 0.6) is 5.75 Å². The number of nitrogens with one attached hydrogen (secondary N) is 1. The number of ether oxygens (including phenoxy) is 1. The summed E-state index contributed by atoms with van der Waals surface area (Å²) in [5.74, 6) is -0.368. The maximum absolute atomic E-state index is 13.6. The van der Waals surface area contributed by atoms with Crippen molar-refractivity contribution in [1.29, 1.82) is 0 Å². The molecule has 2 aromatic rings. The molecule has 0 aliphatic carbocycles. The Bertz CT molecular complexity index is 908. The van der Waals surface area contributed by atoms with Crippen molar-refractivity contribution in [2.45, 2.75) is 38.9 Å². The number of nitrogens with two attached hydrogens (primary N) is 1. The summed E-state index contributed by atoms with van der Waals surface area (Å²) in [4.78, 5) is 15.2. The average molecular weight is 407 g/mol. The largest absolute Gasteiger partial charge is 0.491 e. The molecule has 2 rings (SSSR count). The van der Waals surface area contributed by atoms with Gasteiger partial charge in [-0.3, -0.25) is 4.79 Å². The molecule has 0 radical (unpaired) electrons. The van der Waals surface area contributed by atoms with Gasteiger partial charge in [0, 0.05) is 13.1 Å². The Morgan fingerprint density at radius 3 is 2.45 bits per heavy atom. The summed E-state index contributed by atoms with van der Waals surface area (Å²) in [6, 6.07) is 6.86. The molecule has 29 heavy (non-hydrogen) atoms. The van der Waals surface area contributed by atoms with Crippen molar-refractivity contribution in [2.75, 3.05) is 11.9 Å². The van der Waals surface area contributed by atoms with E-state index in [1.54, 1.807) is 19.9 Å². The second kappa shape index (κ2) is 8.65. The van der Waals surface area contributed by atoms with Crippen LogP contribution in [0.25, 0.3) is 11.1 Å². The molecule has 5 nitrogen and oxygen atoms in total. The van der Waals surface area contributed by atoms with Crippen molar-refractivity contribution in [1.82, 2.24) is 4.98 Å². The number of alkyl halides is 3. The lowest BCUT2D eigenvalue weighted by molar-refractivity contribution is -0.139. The van der Waals surface area contributed by atoms with E-state index >= 15 is 0 Å². The van der Waals surface area contributed by atoms with Crippen molar-refractivity contribution >= 4 is 11.7 Å². The fourth-order valence-corrected chi connectivity index (χ4v) is 2.90. The average Bonchev–Trinajstić information content (AvgIpc) is 2.57. The SMILES string of the molecule is C=C(C)C[C@](C)(N)COc1ccc(-c2ccnc(NC(C)=O)c2)cc1C(F)(F)F. The van der Waals surface area contributed by atoms with Crippen LogP contribution in [0.2, 0.25) is 0 Å². The lowest BCUT2D eigenvalue weighted by Gasteiger charge is -2.26. The van der Waals surface area contributed by atoms with Crippen LogP contribution >= 0.6 is 0 Å². The second-order valence-corrected chi connectivity index (χ2v) is 7.40. The minimum atomic E-state index is -4.61. The van der Waals surface area contributed by atoms with E-state index in [9.17, 15) is 18.0 Å². The highest BCUT2D eigenvalue weighted by Gasteiger charge is 2.35.